The summed E-state index contributed by atoms with van der Waals surface area (Å²) in [6.45, 7) is 2.39. The van der Waals surface area contributed by atoms with Crippen LogP contribution in [0.4, 0.5) is 15.8 Å². The lowest BCUT2D eigenvalue weighted by atomic mass is 10.2. The fourth-order valence-corrected chi connectivity index (χ4v) is 3.70. The van der Waals surface area contributed by atoms with Crippen LogP contribution in [0.5, 0.6) is 0 Å². The predicted molar refractivity (Wildman–Crippen MR) is 111 cm³/mol. The van der Waals surface area contributed by atoms with Gasteiger partial charge in [0.25, 0.3) is 5.69 Å². The number of nitrogens with zero attached hydrogens (tertiary/aromatic N) is 4. The molecule has 0 unspecified atom stereocenters. The van der Waals surface area contributed by atoms with E-state index in [2.05, 4.69) is 31.4 Å². The molecule has 150 valence electrons. The van der Waals surface area contributed by atoms with E-state index in [1.165, 1.54) is 24.3 Å². The Labute approximate surface area is 177 Å². The molecule has 1 heterocycles. The highest BCUT2D eigenvalue weighted by Crippen LogP contribution is 2.27. The molecule has 1 amide bonds. The van der Waals surface area contributed by atoms with Crippen LogP contribution in [0, 0.1) is 15.9 Å². The van der Waals surface area contributed by atoms with Gasteiger partial charge in [-0.3, -0.25) is 14.9 Å². The molecule has 3 rings (SSSR count). The van der Waals surface area contributed by atoms with Crippen LogP contribution in [-0.2, 0) is 11.3 Å². The zero-order valence-corrected chi connectivity index (χ0v) is 17.5. The monoisotopic (exact) mass is 479 g/mol. The van der Waals surface area contributed by atoms with Crippen molar-refractivity contribution >= 4 is 45.0 Å². The van der Waals surface area contributed by atoms with E-state index < -0.39 is 16.6 Å². The highest BCUT2D eigenvalue weighted by Gasteiger charge is 2.17. The molecule has 11 heteroatoms. The highest BCUT2D eigenvalue weighted by atomic mass is 79.9. The van der Waals surface area contributed by atoms with E-state index in [9.17, 15) is 19.3 Å². The Morgan fingerprint density at radius 1 is 1.31 bits per heavy atom. The summed E-state index contributed by atoms with van der Waals surface area (Å²) in [5.74, 6) is -0.456. The fourth-order valence-electron chi connectivity index (χ4n) is 2.56. The van der Waals surface area contributed by atoms with Crippen LogP contribution in [-0.4, -0.2) is 31.3 Å². The highest BCUT2D eigenvalue weighted by molar-refractivity contribution is 9.10. The Morgan fingerprint density at radius 2 is 2.10 bits per heavy atom. The van der Waals surface area contributed by atoms with Gasteiger partial charge in [0.2, 0.25) is 5.91 Å². The second-order valence-electron chi connectivity index (χ2n) is 5.82. The number of hydrogen-bond donors (Lipinski definition) is 1. The van der Waals surface area contributed by atoms with Gasteiger partial charge in [0.1, 0.15) is 5.82 Å². The largest absolute Gasteiger partial charge is 0.323 e. The van der Waals surface area contributed by atoms with Gasteiger partial charge < -0.3 is 9.88 Å². The number of anilines is 1. The zero-order valence-electron chi connectivity index (χ0n) is 15.1. The molecule has 0 saturated carbocycles. The summed E-state index contributed by atoms with van der Waals surface area (Å²) in [5.41, 5.74) is 0.605. The maximum Gasteiger partial charge on any atom is 0.270 e. The lowest BCUT2D eigenvalue weighted by molar-refractivity contribution is -0.384. The third-order valence-electron chi connectivity index (χ3n) is 3.89. The number of halogens is 2. The van der Waals surface area contributed by atoms with Crippen molar-refractivity contribution in [1.29, 1.82) is 0 Å². The van der Waals surface area contributed by atoms with Crippen LogP contribution < -0.4 is 5.32 Å². The third kappa shape index (κ3) is 4.98. The van der Waals surface area contributed by atoms with Gasteiger partial charge in [-0.25, -0.2) is 4.39 Å². The normalized spacial score (nSPS) is 10.7. The number of amides is 1. The van der Waals surface area contributed by atoms with Crippen LogP contribution in [0.25, 0.3) is 11.4 Å². The number of hydrogen-bond acceptors (Lipinski definition) is 6. The predicted octanol–water partition coefficient (Wildman–Crippen LogP) is 4.51. The summed E-state index contributed by atoms with van der Waals surface area (Å²) in [4.78, 5) is 22.7. The lowest BCUT2D eigenvalue weighted by Crippen LogP contribution is -2.15. The number of nitro benzene ring substituents is 1. The average molecular weight is 480 g/mol. The van der Waals surface area contributed by atoms with E-state index in [0.29, 0.717) is 27.6 Å². The van der Waals surface area contributed by atoms with Crippen LogP contribution in [0.3, 0.4) is 0 Å². The number of nitrogens with one attached hydrogen (secondary N) is 1. The Kier molecular flexibility index (Phi) is 6.60. The summed E-state index contributed by atoms with van der Waals surface area (Å²) in [5, 5.41) is 22.2. The molecule has 0 aliphatic heterocycles. The van der Waals surface area contributed by atoms with Crippen molar-refractivity contribution in [3.8, 4) is 11.4 Å². The number of carbonyl (C=O) groups is 1. The minimum absolute atomic E-state index is 0.00255. The molecule has 0 spiro atoms. The number of carbonyl (C=O) groups excluding carboxylic acids is 1. The van der Waals surface area contributed by atoms with E-state index >= 15 is 0 Å². The first kappa shape index (κ1) is 20.9. The van der Waals surface area contributed by atoms with Gasteiger partial charge in [-0.15, -0.1) is 10.2 Å². The molecule has 1 aromatic heterocycles. The van der Waals surface area contributed by atoms with E-state index in [4.69, 9.17) is 0 Å². The second kappa shape index (κ2) is 9.14. The first-order chi connectivity index (χ1) is 13.9. The van der Waals surface area contributed by atoms with Crippen molar-refractivity contribution in [1.82, 2.24) is 14.8 Å². The van der Waals surface area contributed by atoms with Gasteiger partial charge in [0, 0.05) is 28.7 Å². The van der Waals surface area contributed by atoms with Gasteiger partial charge in [0.15, 0.2) is 11.0 Å². The number of benzene rings is 2. The van der Waals surface area contributed by atoms with Gasteiger partial charge in [-0.2, -0.15) is 0 Å². The van der Waals surface area contributed by atoms with E-state index in [1.54, 1.807) is 22.8 Å². The second-order valence-corrected chi connectivity index (χ2v) is 7.68. The summed E-state index contributed by atoms with van der Waals surface area (Å²) >= 11 is 4.31. The summed E-state index contributed by atoms with van der Waals surface area (Å²) in [6.07, 6.45) is 0. The molecule has 0 fully saturated rings. The van der Waals surface area contributed by atoms with E-state index in [0.717, 1.165) is 11.8 Å². The number of rotatable bonds is 7. The molecule has 0 radical (unpaired) electrons. The van der Waals surface area contributed by atoms with Crippen molar-refractivity contribution < 1.29 is 14.1 Å². The standard InChI is InChI=1S/C18H15BrFN5O3S/c1-2-24-17(11-4-3-5-13(8-11)25(27)28)22-23-18(24)29-10-16(26)21-15-7-6-12(19)9-14(15)20/h3-9H,2,10H2,1H3,(H,21,26). The van der Waals surface area contributed by atoms with Crippen LogP contribution >= 0.6 is 27.7 Å². The van der Waals surface area contributed by atoms with Crippen molar-refractivity contribution in [3.05, 3.63) is 62.9 Å². The molecule has 0 bridgehead atoms. The zero-order chi connectivity index (χ0) is 21.0. The van der Waals surface area contributed by atoms with Crippen LogP contribution in [0.15, 0.2) is 52.1 Å². The molecule has 2 aromatic carbocycles. The summed E-state index contributed by atoms with van der Waals surface area (Å²) < 4.78 is 16.2. The maximum atomic E-state index is 13.8. The molecule has 0 atom stereocenters. The summed E-state index contributed by atoms with van der Waals surface area (Å²) in [7, 11) is 0. The number of nitro groups is 1. The van der Waals surface area contributed by atoms with Gasteiger partial charge in [-0.1, -0.05) is 39.8 Å². The van der Waals surface area contributed by atoms with Crippen molar-refractivity contribution in [2.24, 2.45) is 0 Å². The van der Waals surface area contributed by atoms with Gasteiger partial charge in [0.05, 0.1) is 16.4 Å². The Bertz CT molecular complexity index is 1080. The van der Waals surface area contributed by atoms with Gasteiger partial charge in [-0.05, 0) is 25.1 Å². The van der Waals surface area contributed by atoms with E-state index in [1.807, 2.05) is 6.92 Å². The Morgan fingerprint density at radius 3 is 2.79 bits per heavy atom. The molecule has 8 nitrogen and oxygen atoms in total. The van der Waals surface area contributed by atoms with Crippen molar-refractivity contribution in [2.45, 2.75) is 18.6 Å². The Balaban J connectivity index is 1.73. The number of aromatic nitrogens is 3. The molecule has 3 aromatic rings. The maximum absolute atomic E-state index is 13.8. The smallest absolute Gasteiger partial charge is 0.270 e. The molecule has 0 aliphatic rings. The molecular weight excluding hydrogens is 465 g/mol. The quantitative estimate of drug-likeness (QED) is 0.303. The minimum atomic E-state index is -0.539. The number of non-ortho nitro benzene ring substituents is 1. The summed E-state index contributed by atoms with van der Waals surface area (Å²) in [6, 6.07) is 10.5. The van der Waals surface area contributed by atoms with E-state index in [-0.39, 0.29) is 17.1 Å². The van der Waals surface area contributed by atoms with Gasteiger partial charge >= 0.3 is 0 Å². The SMILES string of the molecule is CCn1c(SCC(=O)Nc2ccc(Br)cc2F)nnc1-c1cccc([N+](=O)[O-])c1. The molecule has 0 aliphatic carbocycles. The topological polar surface area (TPSA) is 103 Å². The lowest BCUT2D eigenvalue weighted by Gasteiger charge is -2.08. The molecular formula is C18H15BrFN5O3S. The molecule has 0 saturated heterocycles. The Hall–Kier alpha value is -2.79. The first-order valence-corrected chi connectivity index (χ1v) is 10.2. The third-order valence-corrected chi connectivity index (χ3v) is 5.35. The molecule has 29 heavy (non-hydrogen) atoms. The van der Waals surface area contributed by atoms with Crippen molar-refractivity contribution in [3.63, 3.8) is 0 Å². The first-order valence-electron chi connectivity index (χ1n) is 8.44. The van der Waals surface area contributed by atoms with Crippen molar-refractivity contribution in [2.75, 3.05) is 11.1 Å². The van der Waals surface area contributed by atoms with Crippen LogP contribution in [0.1, 0.15) is 6.92 Å². The average Bonchev–Trinajstić information content (AvgIpc) is 3.11. The fraction of sp³-hybridized carbons (Fsp3) is 0.167. The van der Waals surface area contributed by atoms with Crippen LogP contribution in [0.2, 0.25) is 0 Å². The number of thioether (sulfide) groups is 1. The molecule has 1 N–H and O–H groups in total. The minimum Gasteiger partial charge on any atom is -0.323 e.